The average Bonchev–Trinajstić information content (AvgIpc) is 2.28. The van der Waals surface area contributed by atoms with E-state index >= 15 is 0 Å². The zero-order chi connectivity index (χ0) is 14.6. The van der Waals surface area contributed by atoms with Crippen molar-refractivity contribution < 1.29 is 9.50 Å². The second kappa shape index (κ2) is 6.87. The summed E-state index contributed by atoms with van der Waals surface area (Å²) in [7, 11) is 4.04. The van der Waals surface area contributed by atoms with E-state index in [1.165, 1.54) is 6.07 Å². The first-order valence-electron chi connectivity index (χ1n) is 6.76. The molecule has 0 aromatic heterocycles. The molecule has 1 aromatic rings. The van der Waals surface area contributed by atoms with E-state index in [9.17, 15) is 9.50 Å². The van der Waals surface area contributed by atoms with Gasteiger partial charge >= 0.3 is 0 Å². The van der Waals surface area contributed by atoms with Crippen molar-refractivity contribution >= 4 is 5.69 Å². The smallest absolute Gasteiger partial charge is 0.131 e. The number of hydrogen-bond acceptors (Lipinski definition) is 3. The van der Waals surface area contributed by atoms with Crippen molar-refractivity contribution in [1.82, 2.24) is 4.90 Å². The highest BCUT2D eigenvalue weighted by atomic mass is 19.1. The molecule has 0 amide bonds. The third kappa shape index (κ3) is 3.91. The van der Waals surface area contributed by atoms with Crippen LogP contribution in [0.15, 0.2) is 18.2 Å². The topological polar surface area (TPSA) is 26.7 Å². The number of benzene rings is 1. The Morgan fingerprint density at radius 2 is 1.89 bits per heavy atom. The lowest BCUT2D eigenvalue weighted by Crippen LogP contribution is -2.40. The summed E-state index contributed by atoms with van der Waals surface area (Å²) in [6, 6.07) is 5.22. The van der Waals surface area contributed by atoms with Crippen LogP contribution in [0, 0.1) is 5.82 Å². The fourth-order valence-electron chi connectivity index (χ4n) is 2.54. The first-order valence-corrected chi connectivity index (χ1v) is 6.76. The Morgan fingerprint density at radius 3 is 2.37 bits per heavy atom. The van der Waals surface area contributed by atoms with Crippen molar-refractivity contribution in [2.45, 2.75) is 32.9 Å². The molecule has 1 rings (SSSR count). The molecule has 1 N–H and O–H groups in total. The first kappa shape index (κ1) is 15.9. The largest absolute Gasteiger partial charge is 0.389 e. The van der Waals surface area contributed by atoms with E-state index < -0.39 is 6.10 Å². The molecule has 108 valence electrons. The number of rotatable bonds is 6. The Kier molecular flexibility index (Phi) is 5.76. The van der Waals surface area contributed by atoms with E-state index in [0.717, 1.165) is 18.8 Å². The summed E-state index contributed by atoms with van der Waals surface area (Å²) in [5.41, 5.74) is 1.17. The fraction of sp³-hybridized carbons (Fsp3) is 0.600. The minimum Gasteiger partial charge on any atom is -0.389 e. The molecule has 0 saturated carbocycles. The molecular formula is C15H25FN2O. The number of aliphatic hydroxyl groups is 1. The lowest BCUT2D eigenvalue weighted by Gasteiger charge is -2.34. The van der Waals surface area contributed by atoms with E-state index in [4.69, 9.17) is 0 Å². The zero-order valence-corrected chi connectivity index (χ0v) is 12.5. The van der Waals surface area contributed by atoms with Crippen LogP contribution in [0.2, 0.25) is 0 Å². The first-order chi connectivity index (χ1) is 8.88. The van der Waals surface area contributed by atoms with Gasteiger partial charge in [-0.1, -0.05) is 6.07 Å². The Balaban J connectivity index is 3.14. The lowest BCUT2D eigenvalue weighted by molar-refractivity contribution is 0.194. The maximum Gasteiger partial charge on any atom is 0.131 e. The quantitative estimate of drug-likeness (QED) is 0.859. The van der Waals surface area contributed by atoms with Crippen molar-refractivity contribution in [2.75, 3.05) is 32.1 Å². The molecular weight excluding hydrogens is 243 g/mol. The number of hydrogen-bond donors (Lipinski definition) is 1. The van der Waals surface area contributed by atoms with E-state index in [-0.39, 0.29) is 11.9 Å². The van der Waals surface area contributed by atoms with Gasteiger partial charge in [0.15, 0.2) is 0 Å². The fourth-order valence-corrected chi connectivity index (χ4v) is 2.54. The molecule has 0 bridgehead atoms. The van der Waals surface area contributed by atoms with Crippen LogP contribution in [0.4, 0.5) is 10.1 Å². The van der Waals surface area contributed by atoms with Crippen molar-refractivity contribution in [1.29, 1.82) is 0 Å². The molecule has 0 aliphatic heterocycles. The molecule has 1 aromatic carbocycles. The van der Waals surface area contributed by atoms with Crippen LogP contribution in [0.25, 0.3) is 0 Å². The van der Waals surface area contributed by atoms with E-state index in [1.54, 1.807) is 13.0 Å². The summed E-state index contributed by atoms with van der Waals surface area (Å²) in [6.07, 6.45) is -0.809. The van der Waals surface area contributed by atoms with E-state index in [2.05, 4.69) is 16.7 Å². The van der Waals surface area contributed by atoms with Gasteiger partial charge in [0.05, 0.1) is 6.10 Å². The summed E-state index contributed by atoms with van der Waals surface area (Å²) in [5, 5.41) is 9.82. The Labute approximate surface area is 115 Å². The number of aliphatic hydroxyl groups excluding tert-OH is 1. The molecule has 19 heavy (non-hydrogen) atoms. The third-order valence-electron chi connectivity index (χ3n) is 3.26. The van der Waals surface area contributed by atoms with Gasteiger partial charge in [-0.25, -0.2) is 4.39 Å². The molecule has 0 heterocycles. The Morgan fingerprint density at radius 1 is 1.26 bits per heavy atom. The summed E-state index contributed by atoms with van der Waals surface area (Å²) in [5.74, 6) is -0.344. The molecule has 4 heteroatoms. The molecule has 0 saturated heterocycles. The highest BCUT2D eigenvalue weighted by molar-refractivity contribution is 5.55. The third-order valence-corrected chi connectivity index (χ3v) is 3.26. The van der Waals surface area contributed by atoms with Gasteiger partial charge in [0.2, 0.25) is 0 Å². The molecule has 0 spiro atoms. The second-order valence-electron chi connectivity index (χ2n) is 5.25. The van der Waals surface area contributed by atoms with Crippen molar-refractivity contribution in [3.63, 3.8) is 0 Å². The van der Waals surface area contributed by atoms with Gasteiger partial charge in [-0.15, -0.1) is 0 Å². The van der Waals surface area contributed by atoms with Crippen LogP contribution >= 0.6 is 0 Å². The van der Waals surface area contributed by atoms with Crippen molar-refractivity contribution in [3.05, 3.63) is 29.6 Å². The van der Waals surface area contributed by atoms with Crippen LogP contribution in [0.1, 0.15) is 32.4 Å². The Bertz CT molecular complexity index is 407. The monoisotopic (exact) mass is 268 g/mol. The van der Waals surface area contributed by atoms with Crippen LogP contribution in [0.5, 0.6) is 0 Å². The summed E-state index contributed by atoms with van der Waals surface area (Å²) >= 11 is 0. The highest BCUT2D eigenvalue weighted by Gasteiger charge is 2.21. The highest BCUT2D eigenvalue weighted by Crippen LogP contribution is 2.30. The van der Waals surface area contributed by atoms with Crippen molar-refractivity contribution in [3.8, 4) is 0 Å². The summed E-state index contributed by atoms with van der Waals surface area (Å²) in [4.78, 5) is 4.24. The maximum absolute atomic E-state index is 13.9. The minimum atomic E-state index is -0.809. The van der Waals surface area contributed by atoms with Gasteiger partial charge in [0.1, 0.15) is 5.82 Å². The SMILES string of the molecule is CCN(c1cccc(F)c1[C@@H](C)O)C(C)CN(C)C. The number of nitrogens with zero attached hydrogens (tertiary/aromatic N) is 2. The van der Waals surface area contributed by atoms with Crippen LogP contribution in [0.3, 0.4) is 0 Å². The van der Waals surface area contributed by atoms with Gasteiger partial charge in [0, 0.05) is 30.4 Å². The van der Waals surface area contributed by atoms with Gasteiger partial charge in [-0.3, -0.25) is 0 Å². The molecule has 3 nitrogen and oxygen atoms in total. The van der Waals surface area contributed by atoms with Crippen LogP contribution in [-0.4, -0.2) is 43.2 Å². The average molecular weight is 268 g/mol. The molecule has 1 unspecified atom stereocenters. The number of likely N-dealkylation sites (N-methyl/N-ethyl adjacent to an activating group) is 2. The second-order valence-corrected chi connectivity index (χ2v) is 5.25. The standard InChI is InChI=1S/C15H25FN2O/c1-6-18(11(2)10-17(4)5)14-9-7-8-13(16)15(14)12(3)19/h7-9,11-12,19H,6,10H2,1-5H3/t11?,12-/m1/s1. The van der Waals surface area contributed by atoms with Crippen LogP contribution in [-0.2, 0) is 0 Å². The van der Waals surface area contributed by atoms with Crippen molar-refractivity contribution in [2.24, 2.45) is 0 Å². The molecule has 2 atom stereocenters. The maximum atomic E-state index is 13.9. The summed E-state index contributed by atoms with van der Waals surface area (Å²) in [6.45, 7) is 7.41. The van der Waals surface area contributed by atoms with E-state index in [0.29, 0.717) is 5.56 Å². The van der Waals surface area contributed by atoms with Gasteiger partial charge in [-0.05, 0) is 47.0 Å². The molecule has 0 fully saturated rings. The lowest BCUT2D eigenvalue weighted by atomic mass is 10.0. The number of halogens is 1. The molecule has 0 aliphatic rings. The summed E-state index contributed by atoms with van der Waals surface area (Å²) < 4.78 is 13.9. The predicted octanol–water partition coefficient (Wildman–Crippen LogP) is 2.66. The Hall–Kier alpha value is -1.13. The molecule has 0 radical (unpaired) electrons. The number of anilines is 1. The van der Waals surface area contributed by atoms with Crippen LogP contribution < -0.4 is 4.90 Å². The van der Waals surface area contributed by atoms with Gasteiger partial charge < -0.3 is 14.9 Å². The molecule has 0 aliphatic carbocycles. The predicted molar refractivity (Wildman–Crippen MR) is 78.1 cm³/mol. The minimum absolute atomic E-state index is 0.249. The van der Waals surface area contributed by atoms with Gasteiger partial charge in [0.25, 0.3) is 0 Å². The van der Waals surface area contributed by atoms with Gasteiger partial charge in [-0.2, -0.15) is 0 Å². The normalized spacial score (nSPS) is 14.5. The zero-order valence-electron chi connectivity index (χ0n) is 12.5. The van der Waals surface area contributed by atoms with E-state index in [1.807, 2.05) is 27.1 Å².